The summed E-state index contributed by atoms with van der Waals surface area (Å²) in [5, 5.41) is 3.21. The molecule has 1 aromatic carbocycles. The molecule has 24 heavy (non-hydrogen) atoms. The van der Waals surface area contributed by atoms with Crippen molar-refractivity contribution < 1.29 is 4.79 Å². The normalized spacial score (nSPS) is 25.9. The third-order valence-electron chi connectivity index (χ3n) is 5.79. The van der Waals surface area contributed by atoms with Gasteiger partial charge in [-0.1, -0.05) is 24.3 Å². The number of carbonyl (C=O) groups is 1. The minimum absolute atomic E-state index is 0.114. The molecule has 2 amide bonds. The van der Waals surface area contributed by atoms with Crippen molar-refractivity contribution in [2.45, 2.75) is 51.6 Å². The number of amides is 2. The fourth-order valence-corrected chi connectivity index (χ4v) is 4.36. The Morgan fingerprint density at radius 3 is 2.88 bits per heavy atom. The van der Waals surface area contributed by atoms with Crippen LogP contribution in [0.2, 0.25) is 0 Å². The zero-order valence-electron chi connectivity index (χ0n) is 15.3. The van der Waals surface area contributed by atoms with E-state index in [4.69, 9.17) is 0 Å². The van der Waals surface area contributed by atoms with E-state index >= 15 is 0 Å². The van der Waals surface area contributed by atoms with Crippen LogP contribution >= 0.6 is 0 Å². The number of hydrogen-bond acceptors (Lipinski definition) is 2. The molecule has 0 spiro atoms. The monoisotopic (exact) mass is 329 g/mol. The van der Waals surface area contributed by atoms with Gasteiger partial charge in [-0.2, -0.15) is 0 Å². The topological polar surface area (TPSA) is 35.6 Å². The first-order valence-electron chi connectivity index (χ1n) is 9.35. The van der Waals surface area contributed by atoms with Gasteiger partial charge in [-0.15, -0.1) is 0 Å². The Morgan fingerprint density at radius 1 is 1.29 bits per heavy atom. The van der Waals surface area contributed by atoms with E-state index in [2.05, 4.69) is 55.4 Å². The number of piperidine rings is 2. The van der Waals surface area contributed by atoms with Gasteiger partial charge in [-0.3, -0.25) is 0 Å². The first kappa shape index (κ1) is 17.3. The SMILES string of the molecule is Cc1ccccc1CC(C)NC(=O)N1CCC2C(CCCN2C)C1. The zero-order valence-corrected chi connectivity index (χ0v) is 15.3. The Hall–Kier alpha value is -1.55. The van der Waals surface area contributed by atoms with Crippen molar-refractivity contribution in [2.75, 3.05) is 26.7 Å². The fourth-order valence-electron chi connectivity index (χ4n) is 4.36. The molecule has 4 nitrogen and oxygen atoms in total. The molecule has 3 unspecified atom stereocenters. The Morgan fingerprint density at radius 2 is 2.08 bits per heavy atom. The average molecular weight is 329 g/mol. The average Bonchev–Trinajstić information content (AvgIpc) is 2.57. The second kappa shape index (κ2) is 7.56. The standard InChI is InChI=1S/C20H31N3O/c1-15-7-4-5-8-17(15)13-16(2)21-20(24)23-12-10-19-18(14-23)9-6-11-22(19)3/h4-5,7-8,16,18-19H,6,9-14H2,1-3H3,(H,21,24). The number of likely N-dealkylation sites (tertiary alicyclic amines) is 2. The summed E-state index contributed by atoms with van der Waals surface area (Å²) in [6.07, 6.45) is 4.52. The molecule has 132 valence electrons. The molecule has 0 saturated carbocycles. The largest absolute Gasteiger partial charge is 0.335 e. The third kappa shape index (κ3) is 3.92. The summed E-state index contributed by atoms with van der Waals surface area (Å²) in [4.78, 5) is 17.2. The van der Waals surface area contributed by atoms with Crippen molar-refractivity contribution in [1.29, 1.82) is 0 Å². The maximum atomic E-state index is 12.6. The summed E-state index contributed by atoms with van der Waals surface area (Å²) in [7, 11) is 2.23. The van der Waals surface area contributed by atoms with Crippen molar-refractivity contribution in [3.05, 3.63) is 35.4 Å². The van der Waals surface area contributed by atoms with E-state index in [1.54, 1.807) is 0 Å². The van der Waals surface area contributed by atoms with Crippen LogP contribution in [0.15, 0.2) is 24.3 Å². The molecule has 1 N–H and O–H groups in total. The molecule has 2 aliphatic rings. The van der Waals surface area contributed by atoms with E-state index < -0.39 is 0 Å². The quantitative estimate of drug-likeness (QED) is 0.925. The maximum Gasteiger partial charge on any atom is 0.317 e. The Kier molecular flexibility index (Phi) is 5.44. The Bertz CT molecular complexity index is 574. The van der Waals surface area contributed by atoms with Gasteiger partial charge in [-0.25, -0.2) is 4.79 Å². The highest BCUT2D eigenvalue weighted by molar-refractivity contribution is 5.74. The molecule has 0 aromatic heterocycles. The van der Waals surface area contributed by atoms with Crippen LogP contribution in [0.25, 0.3) is 0 Å². The first-order valence-corrected chi connectivity index (χ1v) is 9.35. The van der Waals surface area contributed by atoms with Crippen molar-refractivity contribution >= 4 is 6.03 Å². The minimum Gasteiger partial charge on any atom is -0.335 e. The molecule has 0 radical (unpaired) electrons. The lowest BCUT2D eigenvalue weighted by Crippen LogP contribution is -2.56. The summed E-state index contributed by atoms with van der Waals surface area (Å²) in [6, 6.07) is 9.37. The molecule has 3 atom stereocenters. The summed E-state index contributed by atoms with van der Waals surface area (Å²) < 4.78 is 0. The van der Waals surface area contributed by atoms with E-state index in [0.717, 1.165) is 25.9 Å². The molecule has 2 heterocycles. The molecule has 4 heteroatoms. The van der Waals surface area contributed by atoms with E-state index in [1.165, 1.54) is 30.5 Å². The van der Waals surface area contributed by atoms with Gasteiger partial charge in [0.05, 0.1) is 0 Å². The van der Waals surface area contributed by atoms with Gasteiger partial charge in [0.25, 0.3) is 0 Å². The van der Waals surface area contributed by atoms with Gasteiger partial charge in [0.2, 0.25) is 0 Å². The van der Waals surface area contributed by atoms with Gasteiger partial charge in [0, 0.05) is 25.2 Å². The van der Waals surface area contributed by atoms with Gasteiger partial charge in [-0.05, 0) is 70.2 Å². The van der Waals surface area contributed by atoms with Crippen LogP contribution in [-0.2, 0) is 6.42 Å². The maximum absolute atomic E-state index is 12.6. The number of carbonyl (C=O) groups excluding carboxylic acids is 1. The van der Waals surface area contributed by atoms with Crippen molar-refractivity contribution in [2.24, 2.45) is 5.92 Å². The van der Waals surface area contributed by atoms with Gasteiger partial charge in [0.15, 0.2) is 0 Å². The number of nitrogens with one attached hydrogen (secondary N) is 1. The lowest BCUT2D eigenvalue weighted by molar-refractivity contribution is 0.0511. The molecule has 2 aliphatic heterocycles. The van der Waals surface area contributed by atoms with Crippen LogP contribution < -0.4 is 5.32 Å². The van der Waals surface area contributed by atoms with Crippen LogP contribution in [0.5, 0.6) is 0 Å². The molecule has 3 rings (SSSR count). The fraction of sp³-hybridized carbons (Fsp3) is 0.650. The number of urea groups is 1. The second-order valence-electron chi connectivity index (χ2n) is 7.67. The highest BCUT2D eigenvalue weighted by Gasteiger charge is 2.35. The number of fused-ring (bicyclic) bond motifs is 1. The van der Waals surface area contributed by atoms with E-state index in [9.17, 15) is 4.79 Å². The van der Waals surface area contributed by atoms with Crippen LogP contribution in [0.1, 0.15) is 37.3 Å². The molecule has 2 saturated heterocycles. The van der Waals surface area contributed by atoms with Gasteiger partial charge in [0.1, 0.15) is 0 Å². The number of benzene rings is 1. The molecular weight excluding hydrogens is 298 g/mol. The number of nitrogens with zero attached hydrogens (tertiary/aromatic N) is 2. The van der Waals surface area contributed by atoms with E-state index in [-0.39, 0.29) is 12.1 Å². The van der Waals surface area contributed by atoms with E-state index in [1.807, 2.05) is 4.90 Å². The molecule has 1 aromatic rings. The number of rotatable bonds is 3. The molecule has 0 aliphatic carbocycles. The zero-order chi connectivity index (χ0) is 17.1. The van der Waals surface area contributed by atoms with Crippen LogP contribution in [0, 0.1) is 12.8 Å². The summed E-state index contributed by atoms with van der Waals surface area (Å²) in [5.74, 6) is 0.648. The summed E-state index contributed by atoms with van der Waals surface area (Å²) in [6.45, 7) is 7.24. The minimum atomic E-state index is 0.114. The number of aryl methyl sites for hydroxylation is 1. The molecule has 0 bridgehead atoms. The van der Waals surface area contributed by atoms with Gasteiger partial charge < -0.3 is 15.1 Å². The van der Waals surface area contributed by atoms with Crippen LogP contribution in [0.3, 0.4) is 0 Å². The van der Waals surface area contributed by atoms with Crippen molar-refractivity contribution in [1.82, 2.24) is 15.1 Å². The lowest BCUT2D eigenvalue weighted by atomic mass is 9.84. The first-order chi connectivity index (χ1) is 11.5. The van der Waals surface area contributed by atoms with Crippen LogP contribution in [-0.4, -0.2) is 54.6 Å². The molecule has 2 fully saturated rings. The summed E-state index contributed by atoms with van der Waals surface area (Å²) >= 11 is 0. The highest BCUT2D eigenvalue weighted by Crippen LogP contribution is 2.29. The molecular formula is C20H31N3O. The second-order valence-corrected chi connectivity index (χ2v) is 7.67. The highest BCUT2D eigenvalue weighted by atomic mass is 16.2. The van der Waals surface area contributed by atoms with E-state index in [0.29, 0.717) is 12.0 Å². The summed E-state index contributed by atoms with van der Waals surface area (Å²) in [5.41, 5.74) is 2.61. The Balaban J connectivity index is 1.52. The number of hydrogen-bond donors (Lipinski definition) is 1. The Labute approximate surface area is 146 Å². The van der Waals surface area contributed by atoms with Crippen molar-refractivity contribution in [3.63, 3.8) is 0 Å². The predicted molar refractivity (Wildman–Crippen MR) is 98.2 cm³/mol. The van der Waals surface area contributed by atoms with Gasteiger partial charge >= 0.3 is 6.03 Å². The lowest BCUT2D eigenvalue weighted by Gasteiger charge is -2.46. The predicted octanol–water partition coefficient (Wildman–Crippen LogP) is 3.05. The third-order valence-corrected chi connectivity index (χ3v) is 5.79. The van der Waals surface area contributed by atoms with Crippen LogP contribution in [0.4, 0.5) is 4.79 Å². The van der Waals surface area contributed by atoms with Crippen molar-refractivity contribution in [3.8, 4) is 0 Å². The smallest absolute Gasteiger partial charge is 0.317 e.